The van der Waals surface area contributed by atoms with Crippen molar-refractivity contribution in [3.05, 3.63) is 16.5 Å². The van der Waals surface area contributed by atoms with Crippen molar-refractivity contribution < 1.29 is 9.84 Å². The molecule has 0 saturated carbocycles. The molecule has 20 heavy (non-hydrogen) atoms. The number of ether oxygens (including phenoxy) is 1. The predicted molar refractivity (Wildman–Crippen MR) is 69.9 cm³/mol. The number of hydrogen-bond donors (Lipinski definition) is 2. The average Bonchev–Trinajstić information content (AvgIpc) is 2.94. The highest BCUT2D eigenvalue weighted by Gasteiger charge is 2.36. The van der Waals surface area contributed by atoms with Crippen molar-refractivity contribution in [1.29, 1.82) is 0 Å². The Balaban J connectivity index is 1.97. The fourth-order valence-electron chi connectivity index (χ4n) is 2.25. The Bertz CT molecular complexity index is 662. The number of fused-ring (bicyclic) bond motifs is 1. The molecule has 3 heterocycles. The van der Waals surface area contributed by atoms with E-state index in [2.05, 4.69) is 20.1 Å². The summed E-state index contributed by atoms with van der Waals surface area (Å²) in [6.45, 7) is -0.109. The van der Waals surface area contributed by atoms with Crippen LogP contribution in [-0.2, 0) is 4.74 Å². The molecule has 0 bridgehead atoms. The van der Waals surface area contributed by atoms with E-state index in [1.54, 1.807) is 4.57 Å². The van der Waals surface area contributed by atoms with Gasteiger partial charge < -0.3 is 15.6 Å². The van der Waals surface area contributed by atoms with E-state index in [9.17, 15) is 10.0 Å². The van der Waals surface area contributed by atoms with Gasteiger partial charge in [0.15, 0.2) is 11.5 Å². The molecule has 1 aliphatic rings. The quantitative estimate of drug-likeness (QED) is 0.622. The lowest BCUT2D eigenvalue weighted by Gasteiger charge is -2.13. The molecule has 1 saturated heterocycles. The second-order valence-corrected chi connectivity index (χ2v) is 4.78. The van der Waals surface area contributed by atoms with Gasteiger partial charge in [0, 0.05) is 6.42 Å². The number of halogens is 1. The van der Waals surface area contributed by atoms with E-state index >= 15 is 0 Å². The summed E-state index contributed by atoms with van der Waals surface area (Å²) in [5.74, 6) is 0.170. The van der Waals surface area contributed by atoms with E-state index in [0.29, 0.717) is 17.6 Å². The van der Waals surface area contributed by atoms with Crippen LogP contribution < -0.4 is 5.73 Å². The molecular formula is C10H11ClN6O3. The first kappa shape index (κ1) is 13.2. The Morgan fingerprint density at radius 2 is 2.40 bits per heavy atom. The predicted octanol–water partition coefficient (Wildman–Crippen LogP) is 0.477. The van der Waals surface area contributed by atoms with Crippen LogP contribution in [-0.4, -0.2) is 43.4 Å². The molecule has 1 fully saturated rings. The summed E-state index contributed by atoms with van der Waals surface area (Å²) < 4.78 is 7.19. The maximum Gasteiger partial charge on any atom is 0.226 e. The molecule has 2 aromatic rings. The van der Waals surface area contributed by atoms with E-state index in [1.165, 1.54) is 6.33 Å². The maximum atomic E-state index is 10.3. The summed E-state index contributed by atoms with van der Waals surface area (Å²) in [5, 5.41) is 12.6. The van der Waals surface area contributed by atoms with Crippen molar-refractivity contribution in [3.63, 3.8) is 0 Å². The largest absolute Gasteiger partial charge is 0.390 e. The Kier molecular flexibility index (Phi) is 3.24. The third-order valence-corrected chi connectivity index (χ3v) is 3.36. The van der Waals surface area contributed by atoms with Crippen LogP contribution >= 0.6 is 11.6 Å². The van der Waals surface area contributed by atoms with Gasteiger partial charge in [0.05, 0.1) is 12.4 Å². The molecule has 0 aromatic carbocycles. The van der Waals surface area contributed by atoms with Crippen LogP contribution in [0.15, 0.2) is 11.5 Å². The molecule has 106 valence electrons. The number of imidazole rings is 1. The van der Waals surface area contributed by atoms with E-state index in [1.807, 2.05) is 0 Å². The molecule has 10 heteroatoms. The topological polar surface area (TPSA) is 129 Å². The van der Waals surface area contributed by atoms with Crippen molar-refractivity contribution in [2.75, 3.05) is 12.3 Å². The van der Waals surface area contributed by atoms with Gasteiger partial charge in [-0.1, -0.05) is 5.18 Å². The molecule has 9 nitrogen and oxygen atoms in total. The molecule has 0 spiro atoms. The molecule has 1 aliphatic heterocycles. The zero-order chi connectivity index (χ0) is 14.3. The van der Waals surface area contributed by atoms with Gasteiger partial charge in [0.1, 0.15) is 24.4 Å². The summed E-state index contributed by atoms with van der Waals surface area (Å²) in [5.41, 5.74) is 6.54. The van der Waals surface area contributed by atoms with Gasteiger partial charge in [0.25, 0.3) is 0 Å². The number of nitrogens with zero attached hydrogens (tertiary/aromatic N) is 5. The first-order valence-corrected chi connectivity index (χ1v) is 6.26. The first-order chi connectivity index (χ1) is 9.60. The summed E-state index contributed by atoms with van der Waals surface area (Å²) in [6.07, 6.45) is -0.130. The maximum absolute atomic E-state index is 10.3. The molecule has 2 aromatic heterocycles. The van der Waals surface area contributed by atoms with Crippen LogP contribution in [0.4, 0.5) is 5.82 Å². The van der Waals surface area contributed by atoms with E-state index in [-0.39, 0.29) is 17.6 Å². The lowest BCUT2D eigenvalue weighted by molar-refractivity contribution is -0.0114. The number of aliphatic hydroxyl groups is 1. The van der Waals surface area contributed by atoms with Crippen LogP contribution in [0.5, 0.6) is 0 Å². The molecular weight excluding hydrogens is 288 g/mol. The number of rotatable bonds is 3. The number of hydrogen-bond acceptors (Lipinski definition) is 8. The van der Waals surface area contributed by atoms with E-state index in [0.717, 1.165) is 0 Å². The summed E-state index contributed by atoms with van der Waals surface area (Å²) >= 11 is 5.78. The second-order valence-electron chi connectivity index (χ2n) is 4.45. The molecule has 3 rings (SSSR count). The number of nitrogen functional groups attached to an aromatic ring is 1. The highest BCUT2D eigenvalue weighted by molar-refractivity contribution is 6.28. The standard InChI is InChI=1S/C10H11ClN6O3/c11-10-15-8(12)7-9(16-10)17(3-13-7)6-1-4(18)5(20-6)2-14-19/h3-6,18H,1-2H2,(H2,12,15,16)/t4-,5?,6?/m1/s1. The zero-order valence-corrected chi connectivity index (χ0v) is 10.9. The van der Waals surface area contributed by atoms with Crippen LogP contribution in [0, 0.1) is 4.91 Å². The normalized spacial score (nSPS) is 26.2. The zero-order valence-electron chi connectivity index (χ0n) is 10.2. The molecule has 0 radical (unpaired) electrons. The number of aliphatic hydroxyl groups excluding tert-OH is 1. The fraction of sp³-hybridized carbons (Fsp3) is 0.500. The van der Waals surface area contributed by atoms with Crippen molar-refractivity contribution in [2.24, 2.45) is 5.18 Å². The minimum atomic E-state index is -0.773. The Morgan fingerprint density at radius 3 is 3.15 bits per heavy atom. The van der Waals surface area contributed by atoms with Crippen LogP contribution in [0.3, 0.4) is 0 Å². The lowest BCUT2D eigenvalue weighted by Crippen LogP contribution is -2.23. The summed E-state index contributed by atoms with van der Waals surface area (Å²) in [7, 11) is 0. The van der Waals surface area contributed by atoms with Crippen molar-refractivity contribution in [1.82, 2.24) is 19.5 Å². The SMILES string of the molecule is Nc1nc(Cl)nc2c1ncn2C1C[C@@H](O)C(CN=O)O1. The first-order valence-electron chi connectivity index (χ1n) is 5.88. The van der Waals surface area contributed by atoms with Gasteiger partial charge >= 0.3 is 0 Å². The van der Waals surface area contributed by atoms with Crippen molar-refractivity contribution in [3.8, 4) is 0 Å². The minimum absolute atomic E-state index is 0.00130. The number of anilines is 1. The highest BCUT2D eigenvalue weighted by atomic mass is 35.5. The minimum Gasteiger partial charge on any atom is -0.390 e. The Morgan fingerprint density at radius 1 is 1.60 bits per heavy atom. The van der Waals surface area contributed by atoms with Gasteiger partial charge in [-0.3, -0.25) is 4.57 Å². The summed E-state index contributed by atoms with van der Waals surface area (Å²) in [4.78, 5) is 22.3. The molecule has 3 atom stereocenters. The number of nitrogens with two attached hydrogens (primary N) is 1. The third-order valence-electron chi connectivity index (χ3n) is 3.19. The van der Waals surface area contributed by atoms with Gasteiger partial charge in [0.2, 0.25) is 5.28 Å². The Labute approximate surface area is 117 Å². The monoisotopic (exact) mass is 298 g/mol. The lowest BCUT2D eigenvalue weighted by atomic mass is 10.2. The van der Waals surface area contributed by atoms with Gasteiger partial charge in [-0.05, 0) is 11.6 Å². The van der Waals surface area contributed by atoms with E-state index < -0.39 is 18.4 Å². The Hall–Kier alpha value is -1.84. The average molecular weight is 299 g/mol. The van der Waals surface area contributed by atoms with Gasteiger partial charge in [-0.15, -0.1) is 0 Å². The van der Waals surface area contributed by atoms with Crippen LogP contribution in [0.25, 0.3) is 11.2 Å². The van der Waals surface area contributed by atoms with Crippen LogP contribution in [0.1, 0.15) is 12.6 Å². The molecule has 0 amide bonds. The number of nitroso groups, excluding NO2 is 1. The van der Waals surface area contributed by atoms with E-state index in [4.69, 9.17) is 22.1 Å². The van der Waals surface area contributed by atoms with Gasteiger partial charge in [-0.2, -0.15) is 14.9 Å². The number of aromatic nitrogens is 4. The molecule has 2 unspecified atom stereocenters. The van der Waals surface area contributed by atoms with Gasteiger partial charge in [-0.25, -0.2) is 4.98 Å². The molecule has 3 N–H and O–H groups in total. The van der Waals surface area contributed by atoms with Crippen molar-refractivity contribution >= 4 is 28.6 Å². The molecule has 0 aliphatic carbocycles. The summed E-state index contributed by atoms with van der Waals surface area (Å²) in [6, 6.07) is 0. The van der Waals surface area contributed by atoms with Crippen LogP contribution in [0.2, 0.25) is 5.28 Å². The second kappa shape index (κ2) is 4.93. The van der Waals surface area contributed by atoms with Crippen molar-refractivity contribution in [2.45, 2.75) is 24.9 Å². The smallest absolute Gasteiger partial charge is 0.226 e. The highest BCUT2D eigenvalue weighted by Crippen LogP contribution is 2.31. The third kappa shape index (κ3) is 2.09. The fourth-order valence-corrected chi connectivity index (χ4v) is 2.42.